The van der Waals surface area contributed by atoms with Crippen LogP contribution in [0.5, 0.6) is 11.5 Å². The van der Waals surface area contributed by atoms with Crippen LogP contribution in [0.1, 0.15) is 36.5 Å². The van der Waals surface area contributed by atoms with Crippen molar-refractivity contribution in [2.45, 2.75) is 25.8 Å². The van der Waals surface area contributed by atoms with E-state index < -0.39 is 0 Å². The molecule has 35 heavy (non-hydrogen) atoms. The maximum absolute atomic E-state index is 12.7. The summed E-state index contributed by atoms with van der Waals surface area (Å²) in [4.78, 5) is 17.4. The molecule has 1 saturated heterocycles. The zero-order valence-electron chi connectivity index (χ0n) is 21.5. The molecule has 2 aliphatic rings. The lowest BCUT2D eigenvalue weighted by atomic mass is 9.96. The molecule has 0 saturated carbocycles. The molecule has 1 N–H and O–H groups in total. The van der Waals surface area contributed by atoms with Crippen LogP contribution in [0.3, 0.4) is 0 Å². The Labute approximate surface area is 207 Å². The molecule has 8 heteroatoms. The van der Waals surface area contributed by atoms with Gasteiger partial charge in [0.15, 0.2) is 11.5 Å². The summed E-state index contributed by atoms with van der Waals surface area (Å²) in [6, 6.07) is 12.5. The number of likely N-dealkylation sites (tertiary alicyclic amines) is 1. The number of amides is 2. The number of urea groups is 1. The number of carbonyl (C=O) groups excluding carboxylic acids is 1. The lowest BCUT2D eigenvalue weighted by Gasteiger charge is -2.36. The van der Waals surface area contributed by atoms with Gasteiger partial charge in [-0.05, 0) is 75.8 Å². The van der Waals surface area contributed by atoms with Crippen molar-refractivity contribution in [1.29, 1.82) is 0 Å². The lowest BCUT2D eigenvalue weighted by Crippen LogP contribution is -2.41. The minimum absolute atomic E-state index is 0.304. The van der Waals surface area contributed by atoms with Crippen molar-refractivity contribution in [2.24, 2.45) is 5.10 Å². The molecule has 2 aromatic carbocycles. The van der Waals surface area contributed by atoms with Crippen molar-refractivity contribution < 1.29 is 14.3 Å². The highest BCUT2D eigenvalue weighted by Crippen LogP contribution is 2.35. The normalized spacial score (nSPS) is 16.6. The smallest absolute Gasteiger partial charge is 0.342 e. The number of hydrazone groups is 1. The van der Waals surface area contributed by atoms with Gasteiger partial charge >= 0.3 is 6.03 Å². The Kier molecular flexibility index (Phi) is 7.31. The predicted molar refractivity (Wildman–Crippen MR) is 140 cm³/mol. The summed E-state index contributed by atoms with van der Waals surface area (Å²) in [5.74, 6) is 1.23. The van der Waals surface area contributed by atoms with Crippen LogP contribution in [0.4, 0.5) is 10.5 Å². The number of rotatable bonds is 5. The summed E-state index contributed by atoms with van der Waals surface area (Å²) in [6.45, 7) is 4.10. The van der Waals surface area contributed by atoms with Gasteiger partial charge in [-0.1, -0.05) is 12.1 Å². The zero-order valence-corrected chi connectivity index (χ0v) is 21.5. The molecule has 8 nitrogen and oxygen atoms in total. The van der Waals surface area contributed by atoms with Gasteiger partial charge in [-0.3, -0.25) is 0 Å². The quantitative estimate of drug-likeness (QED) is 0.705. The summed E-state index contributed by atoms with van der Waals surface area (Å²) in [5.41, 5.74) is 5.23. The van der Waals surface area contributed by atoms with Gasteiger partial charge in [0.25, 0.3) is 0 Å². The van der Waals surface area contributed by atoms with Gasteiger partial charge in [0.1, 0.15) is 0 Å². The van der Waals surface area contributed by atoms with Crippen molar-refractivity contribution in [3.63, 3.8) is 0 Å². The minimum Gasteiger partial charge on any atom is -0.493 e. The fourth-order valence-electron chi connectivity index (χ4n) is 4.71. The van der Waals surface area contributed by atoms with Crippen molar-refractivity contribution >= 4 is 23.5 Å². The molecule has 2 amide bonds. The van der Waals surface area contributed by atoms with Crippen LogP contribution in [0.2, 0.25) is 0 Å². The summed E-state index contributed by atoms with van der Waals surface area (Å²) >= 11 is 0. The molecular weight excluding hydrogens is 442 g/mol. The standard InChI is InChI=1S/C27H35N5O3/c1-18-15-20-16-24(34-5)25(35-6)17-23(20)26(29-32(18)27(33)28-2)19-7-9-21(10-8-19)31(4)22-11-13-30(3)14-12-22/h7-10,15-17,22H,11-14H2,1-6H3,(H,28,33). The fourth-order valence-corrected chi connectivity index (χ4v) is 4.71. The lowest BCUT2D eigenvalue weighted by molar-refractivity contribution is 0.215. The molecule has 0 atom stereocenters. The van der Waals surface area contributed by atoms with E-state index in [-0.39, 0.29) is 6.03 Å². The maximum atomic E-state index is 12.7. The Morgan fingerprint density at radius 1 is 1.09 bits per heavy atom. The highest BCUT2D eigenvalue weighted by Gasteiger charge is 2.25. The number of nitrogens with one attached hydrogen (secondary N) is 1. The summed E-state index contributed by atoms with van der Waals surface area (Å²) < 4.78 is 11.1. The van der Waals surface area contributed by atoms with Crippen molar-refractivity contribution in [3.05, 3.63) is 58.8 Å². The number of ether oxygens (including phenoxy) is 2. The van der Waals surface area contributed by atoms with Crippen molar-refractivity contribution in [3.8, 4) is 11.5 Å². The van der Waals surface area contributed by atoms with Gasteiger partial charge in [0.05, 0.1) is 19.9 Å². The van der Waals surface area contributed by atoms with E-state index in [1.54, 1.807) is 21.3 Å². The van der Waals surface area contributed by atoms with E-state index in [1.807, 2.05) is 25.1 Å². The molecular formula is C27H35N5O3. The molecule has 2 aromatic rings. The van der Waals surface area contributed by atoms with Gasteiger partial charge in [-0.15, -0.1) is 0 Å². The highest BCUT2D eigenvalue weighted by molar-refractivity contribution is 6.16. The molecule has 186 valence electrons. The zero-order chi connectivity index (χ0) is 25.1. The number of piperidine rings is 1. The van der Waals surface area contributed by atoms with Crippen LogP contribution in [0.25, 0.3) is 6.08 Å². The molecule has 2 aliphatic heterocycles. The number of carbonyl (C=O) groups is 1. The largest absolute Gasteiger partial charge is 0.493 e. The first-order chi connectivity index (χ1) is 16.9. The van der Waals surface area contributed by atoms with E-state index >= 15 is 0 Å². The third kappa shape index (κ3) is 4.98. The Morgan fingerprint density at radius 2 is 1.71 bits per heavy atom. The van der Waals surface area contributed by atoms with Crippen LogP contribution in [-0.2, 0) is 0 Å². The second-order valence-electron chi connectivity index (χ2n) is 9.09. The maximum Gasteiger partial charge on any atom is 0.342 e. The number of hydrogen-bond acceptors (Lipinski definition) is 6. The number of benzene rings is 2. The SMILES string of the molecule is CNC(=O)N1N=C(c2ccc(N(C)C3CCN(C)CC3)cc2)c2cc(OC)c(OC)cc2C=C1C. The van der Waals surface area contributed by atoms with Crippen LogP contribution in [-0.4, -0.2) is 76.1 Å². The Hall–Kier alpha value is -3.52. The molecule has 0 radical (unpaired) electrons. The second kappa shape index (κ2) is 10.4. The van der Waals surface area contributed by atoms with E-state index in [9.17, 15) is 4.79 Å². The molecule has 0 unspecified atom stereocenters. The van der Waals surface area contributed by atoms with E-state index in [4.69, 9.17) is 14.6 Å². The number of hydrogen-bond donors (Lipinski definition) is 1. The molecule has 2 heterocycles. The average molecular weight is 478 g/mol. The summed E-state index contributed by atoms with van der Waals surface area (Å²) in [6.07, 6.45) is 4.25. The molecule has 1 fully saturated rings. The Balaban J connectivity index is 1.75. The summed E-state index contributed by atoms with van der Waals surface area (Å²) in [7, 11) is 9.18. The van der Waals surface area contributed by atoms with Gasteiger partial charge in [-0.2, -0.15) is 10.1 Å². The van der Waals surface area contributed by atoms with Crippen LogP contribution in [0, 0.1) is 0 Å². The first-order valence-corrected chi connectivity index (χ1v) is 11.9. The van der Waals surface area contributed by atoms with Crippen LogP contribution in [0.15, 0.2) is 47.2 Å². The fraction of sp³-hybridized carbons (Fsp3) is 0.407. The molecule has 0 aromatic heterocycles. The topological polar surface area (TPSA) is 69.6 Å². The van der Waals surface area contributed by atoms with Gasteiger partial charge in [-0.25, -0.2) is 4.79 Å². The number of anilines is 1. The molecule has 0 bridgehead atoms. The minimum atomic E-state index is -0.304. The van der Waals surface area contributed by atoms with E-state index in [1.165, 1.54) is 10.7 Å². The first-order valence-electron chi connectivity index (χ1n) is 11.9. The molecule has 4 rings (SSSR count). The van der Waals surface area contributed by atoms with Gasteiger partial charge < -0.3 is 24.6 Å². The van der Waals surface area contributed by atoms with E-state index in [2.05, 4.69) is 53.5 Å². The monoisotopic (exact) mass is 477 g/mol. The molecule has 0 aliphatic carbocycles. The van der Waals surface area contributed by atoms with Gasteiger partial charge in [0.2, 0.25) is 0 Å². The number of allylic oxidation sites excluding steroid dienone is 1. The number of fused-ring (bicyclic) bond motifs is 1. The van der Waals surface area contributed by atoms with Gasteiger partial charge in [0, 0.05) is 42.6 Å². The van der Waals surface area contributed by atoms with Crippen LogP contribution < -0.4 is 19.7 Å². The van der Waals surface area contributed by atoms with Crippen molar-refractivity contribution in [1.82, 2.24) is 15.2 Å². The van der Waals surface area contributed by atoms with E-state index in [0.717, 1.165) is 42.6 Å². The Bertz CT molecular complexity index is 1130. The third-order valence-corrected chi connectivity index (χ3v) is 6.90. The second-order valence-corrected chi connectivity index (χ2v) is 9.09. The number of methoxy groups -OCH3 is 2. The van der Waals surface area contributed by atoms with Crippen LogP contribution >= 0.6 is 0 Å². The molecule has 0 spiro atoms. The van der Waals surface area contributed by atoms with E-state index in [0.29, 0.717) is 28.9 Å². The Morgan fingerprint density at radius 3 is 2.31 bits per heavy atom. The van der Waals surface area contributed by atoms with Crippen molar-refractivity contribution in [2.75, 3.05) is 53.4 Å². The third-order valence-electron chi connectivity index (χ3n) is 6.90. The average Bonchev–Trinajstić information content (AvgIpc) is 3.03. The summed E-state index contributed by atoms with van der Waals surface area (Å²) in [5, 5.41) is 8.87. The highest BCUT2D eigenvalue weighted by atomic mass is 16.5. The predicted octanol–water partition coefficient (Wildman–Crippen LogP) is 4.00. The number of nitrogens with zero attached hydrogens (tertiary/aromatic N) is 4. The first kappa shape index (κ1) is 24.6.